The summed E-state index contributed by atoms with van der Waals surface area (Å²) in [5, 5.41) is 13.5. The first-order chi connectivity index (χ1) is 13.3. The second kappa shape index (κ2) is 7.42. The van der Waals surface area contributed by atoms with Crippen LogP contribution in [0.25, 0.3) is 16.7 Å². The maximum atomic E-state index is 10.1. The summed E-state index contributed by atoms with van der Waals surface area (Å²) in [7, 11) is 0. The van der Waals surface area contributed by atoms with E-state index in [1.807, 2.05) is 18.2 Å². The third-order valence-electron chi connectivity index (χ3n) is 5.87. The number of ether oxygens (including phenoxy) is 1. The Labute approximate surface area is 165 Å². The molecule has 2 aliphatic heterocycles. The molecule has 6 nitrogen and oxygen atoms in total. The van der Waals surface area contributed by atoms with Gasteiger partial charge in [0.15, 0.2) is 5.65 Å². The van der Waals surface area contributed by atoms with Crippen LogP contribution in [-0.2, 0) is 4.74 Å². The Morgan fingerprint density at radius 1 is 1.25 bits per heavy atom. The zero-order valence-corrected chi connectivity index (χ0v) is 15.5. The van der Waals surface area contributed by atoms with E-state index in [1.54, 1.807) is 0 Å². The predicted octanol–water partition coefficient (Wildman–Crippen LogP) is 3.22. The van der Waals surface area contributed by atoms with Crippen molar-refractivity contribution in [3.63, 3.8) is 0 Å². The zero-order valence-electron chi connectivity index (χ0n) is 15.5. The normalized spacial score (nSPS) is 19.7. The molecule has 0 radical (unpaired) electrons. The Hall–Kier alpha value is -2.62. The van der Waals surface area contributed by atoms with E-state index in [-0.39, 0.29) is 13.3 Å². The molecule has 0 bridgehead atoms. The zero-order chi connectivity index (χ0) is 18.4. The molecule has 1 unspecified atom stereocenters. The van der Waals surface area contributed by atoms with Crippen LogP contribution in [0.3, 0.4) is 0 Å². The molecule has 0 spiro atoms. The minimum atomic E-state index is 0. The van der Waals surface area contributed by atoms with Crippen molar-refractivity contribution in [2.45, 2.75) is 26.7 Å². The van der Waals surface area contributed by atoms with Crippen molar-refractivity contribution in [1.29, 1.82) is 5.26 Å². The molecule has 2 fully saturated rings. The highest BCUT2D eigenvalue weighted by Gasteiger charge is 2.30. The number of para-hydroxylation sites is 2. The van der Waals surface area contributed by atoms with Crippen molar-refractivity contribution in [1.82, 2.24) is 14.7 Å². The van der Waals surface area contributed by atoms with Crippen molar-refractivity contribution in [3.05, 3.63) is 41.0 Å². The molecule has 28 heavy (non-hydrogen) atoms. The van der Waals surface area contributed by atoms with E-state index >= 15 is 0 Å². The topological polar surface area (TPSA) is 65.6 Å². The van der Waals surface area contributed by atoms with Crippen molar-refractivity contribution in [2.24, 2.45) is 0 Å². The number of nitrogens with one attached hydrogen (secondary N) is 1. The molecule has 0 amide bonds. The fourth-order valence-corrected chi connectivity index (χ4v) is 4.64. The number of hydrogen-bond acceptors (Lipinski definition) is 5. The molecule has 1 atom stereocenters. The molecule has 1 N–H and O–H groups in total. The Morgan fingerprint density at radius 3 is 2.75 bits per heavy atom. The van der Waals surface area contributed by atoms with Gasteiger partial charge in [0.05, 0.1) is 23.2 Å². The summed E-state index contributed by atoms with van der Waals surface area (Å²) >= 11 is 0. The molecular weight excluding hydrogens is 350 g/mol. The predicted molar refractivity (Wildman–Crippen MR) is 112 cm³/mol. The molecule has 3 aromatic rings. The number of rotatable bonds is 2. The van der Waals surface area contributed by atoms with Crippen molar-refractivity contribution in [2.75, 3.05) is 44.3 Å². The molecule has 4 heterocycles. The number of aromatic nitrogens is 2. The first-order valence-electron chi connectivity index (χ1n) is 9.66. The van der Waals surface area contributed by atoms with Crippen LogP contribution >= 0.6 is 0 Å². The minimum absolute atomic E-state index is 0. The maximum absolute atomic E-state index is 10.1. The molecule has 6 heteroatoms. The van der Waals surface area contributed by atoms with E-state index in [0.29, 0.717) is 12.2 Å². The molecule has 2 aliphatic rings. The number of hydrogen-bond donors (Lipinski definition) is 1. The number of nitrogens with zero attached hydrogens (tertiary/aromatic N) is 4. The molecular formula is C22H27N5O. The monoisotopic (exact) mass is 377 g/mol. The van der Waals surface area contributed by atoms with Gasteiger partial charge in [-0.05, 0) is 36.6 Å². The van der Waals surface area contributed by atoms with Gasteiger partial charge in [-0.25, -0.2) is 4.98 Å². The lowest BCUT2D eigenvalue weighted by molar-refractivity contribution is 0.194. The number of piperazine rings is 1. The first kappa shape index (κ1) is 18.7. The van der Waals surface area contributed by atoms with Gasteiger partial charge in [0, 0.05) is 38.7 Å². The van der Waals surface area contributed by atoms with Gasteiger partial charge in [-0.15, -0.1) is 0 Å². The van der Waals surface area contributed by atoms with Crippen LogP contribution in [0.4, 0.5) is 5.82 Å². The van der Waals surface area contributed by atoms with Crippen molar-refractivity contribution in [3.8, 4) is 6.07 Å². The lowest BCUT2D eigenvalue weighted by atomic mass is 9.90. The Kier molecular flexibility index (Phi) is 4.96. The summed E-state index contributed by atoms with van der Waals surface area (Å²) in [5.74, 6) is 1.45. The molecule has 0 aliphatic carbocycles. The molecule has 2 aromatic heterocycles. The highest BCUT2D eigenvalue weighted by Crippen LogP contribution is 2.39. The Bertz CT molecular complexity index is 1050. The minimum Gasteiger partial charge on any atom is -0.381 e. The van der Waals surface area contributed by atoms with Crippen LogP contribution in [0.1, 0.15) is 36.5 Å². The highest BCUT2D eigenvalue weighted by molar-refractivity contribution is 5.86. The van der Waals surface area contributed by atoms with E-state index in [1.165, 1.54) is 11.4 Å². The average Bonchev–Trinajstić information content (AvgIpc) is 3.36. The van der Waals surface area contributed by atoms with Crippen LogP contribution in [0.5, 0.6) is 0 Å². The summed E-state index contributed by atoms with van der Waals surface area (Å²) < 4.78 is 7.86. The number of pyridine rings is 1. The van der Waals surface area contributed by atoms with Crippen molar-refractivity contribution < 1.29 is 4.74 Å². The van der Waals surface area contributed by atoms with Crippen LogP contribution < -0.4 is 10.2 Å². The summed E-state index contributed by atoms with van der Waals surface area (Å²) in [4.78, 5) is 7.31. The number of benzene rings is 1. The maximum Gasteiger partial charge on any atom is 0.157 e. The van der Waals surface area contributed by atoms with Gasteiger partial charge in [-0.2, -0.15) is 5.26 Å². The SMILES string of the molecule is C.Cc1c(C2CCOC2)c(C#N)c2nc3ccccc3n2c1N1CCNCC1. The number of fused-ring (bicyclic) bond motifs is 3. The summed E-state index contributed by atoms with van der Waals surface area (Å²) in [6, 6.07) is 10.6. The fraction of sp³-hybridized carbons (Fsp3) is 0.455. The number of anilines is 1. The lowest BCUT2D eigenvalue weighted by Gasteiger charge is -2.33. The Balaban J connectivity index is 0.00000192. The summed E-state index contributed by atoms with van der Waals surface area (Å²) in [6.07, 6.45) is 0.965. The highest BCUT2D eigenvalue weighted by atomic mass is 16.5. The van der Waals surface area contributed by atoms with E-state index < -0.39 is 0 Å². The van der Waals surface area contributed by atoms with Crippen molar-refractivity contribution >= 4 is 22.5 Å². The fourth-order valence-electron chi connectivity index (χ4n) is 4.64. The average molecular weight is 377 g/mol. The summed E-state index contributed by atoms with van der Waals surface area (Å²) in [6.45, 7) is 7.46. The first-order valence-corrected chi connectivity index (χ1v) is 9.66. The van der Waals surface area contributed by atoms with E-state index in [0.717, 1.165) is 61.5 Å². The van der Waals surface area contributed by atoms with Crippen LogP contribution in [0, 0.1) is 18.3 Å². The van der Waals surface area contributed by atoms with Gasteiger partial charge in [0.1, 0.15) is 11.9 Å². The Morgan fingerprint density at radius 2 is 2.04 bits per heavy atom. The number of imidazole rings is 1. The molecule has 5 rings (SSSR count). The van der Waals surface area contributed by atoms with E-state index in [4.69, 9.17) is 9.72 Å². The standard InChI is InChI=1S/C21H23N5O.CH4/c1-14-19(15-6-11-27-13-15)16(12-22)20-24-17-4-2-3-5-18(17)26(20)21(14)25-9-7-23-8-10-25;/h2-5,15,23H,6-11,13H2,1H3;1H4. The van der Waals surface area contributed by atoms with Gasteiger partial charge in [-0.3, -0.25) is 4.40 Å². The quantitative estimate of drug-likeness (QED) is 0.743. The van der Waals surface area contributed by atoms with Gasteiger partial charge in [0.2, 0.25) is 0 Å². The molecule has 0 saturated carbocycles. The van der Waals surface area contributed by atoms with E-state index in [2.05, 4.69) is 33.7 Å². The van der Waals surface area contributed by atoms with Crippen LogP contribution in [0.2, 0.25) is 0 Å². The second-order valence-corrected chi connectivity index (χ2v) is 7.41. The second-order valence-electron chi connectivity index (χ2n) is 7.41. The van der Waals surface area contributed by atoms with E-state index in [9.17, 15) is 5.26 Å². The largest absolute Gasteiger partial charge is 0.381 e. The molecule has 146 valence electrons. The lowest BCUT2D eigenvalue weighted by Crippen LogP contribution is -2.44. The molecule has 1 aromatic carbocycles. The van der Waals surface area contributed by atoms with Crippen LogP contribution in [0.15, 0.2) is 24.3 Å². The van der Waals surface area contributed by atoms with Gasteiger partial charge >= 0.3 is 0 Å². The van der Waals surface area contributed by atoms with Crippen LogP contribution in [-0.4, -0.2) is 48.8 Å². The van der Waals surface area contributed by atoms with Gasteiger partial charge in [-0.1, -0.05) is 19.6 Å². The smallest absolute Gasteiger partial charge is 0.157 e. The molecule has 2 saturated heterocycles. The third kappa shape index (κ3) is 2.74. The van der Waals surface area contributed by atoms with Gasteiger partial charge in [0.25, 0.3) is 0 Å². The van der Waals surface area contributed by atoms with Gasteiger partial charge < -0.3 is 15.0 Å². The number of nitriles is 1. The summed E-state index contributed by atoms with van der Waals surface area (Å²) in [5.41, 5.74) is 5.81. The third-order valence-corrected chi connectivity index (χ3v) is 5.87.